The number of hydrogen-bond acceptors (Lipinski definition) is 3. The van der Waals surface area contributed by atoms with Gasteiger partial charge in [0.05, 0.1) is 6.61 Å². The molecule has 0 radical (unpaired) electrons. The van der Waals surface area contributed by atoms with E-state index in [-0.39, 0.29) is 0 Å². The molecule has 1 aromatic heterocycles. The molecule has 2 rings (SSSR count). The van der Waals surface area contributed by atoms with Crippen LogP contribution in [0.4, 0.5) is 0 Å². The van der Waals surface area contributed by atoms with Gasteiger partial charge in [-0.15, -0.1) is 0 Å². The van der Waals surface area contributed by atoms with Crippen molar-refractivity contribution in [2.75, 3.05) is 6.61 Å². The van der Waals surface area contributed by atoms with Crippen molar-refractivity contribution in [3.8, 4) is 5.88 Å². The van der Waals surface area contributed by atoms with Crippen LogP contribution in [0.3, 0.4) is 0 Å². The van der Waals surface area contributed by atoms with Gasteiger partial charge in [0.25, 0.3) is 0 Å². The average Bonchev–Trinajstić information content (AvgIpc) is 3.07. The highest BCUT2D eigenvalue weighted by molar-refractivity contribution is 9.10. The molecular weight excluding hydrogens is 268 g/mol. The zero-order chi connectivity index (χ0) is 11.4. The zero-order valence-corrected chi connectivity index (χ0v) is 11.2. The van der Waals surface area contributed by atoms with Crippen LogP contribution in [0.25, 0.3) is 0 Å². The van der Waals surface area contributed by atoms with Gasteiger partial charge in [0.2, 0.25) is 5.88 Å². The van der Waals surface area contributed by atoms with Crippen LogP contribution in [-0.4, -0.2) is 16.6 Å². The lowest BCUT2D eigenvalue weighted by Gasteiger charge is -2.06. The van der Waals surface area contributed by atoms with E-state index >= 15 is 0 Å². The second kappa shape index (κ2) is 5.62. The van der Waals surface area contributed by atoms with Gasteiger partial charge in [-0.25, -0.2) is 4.98 Å². The molecule has 0 aromatic carbocycles. The molecule has 0 unspecified atom stereocenters. The Morgan fingerprint density at radius 1 is 1.38 bits per heavy atom. The van der Waals surface area contributed by atoms with Crippen LogP contribution in [-0.2, 0) is 0 Å². The number of rotatable bonds is 6. The van der Waals surface area contributed by atoms with E-state index in [0.29, 0.717) is 11.8 Å². The van der Waals surface area contributed by atoms with Crippen molar-refractivity contribution in [2.45, 2.75) is 44.9 Å². The third-order valence-electron chi connectivity index (χ3n) is 2.63. The maximum absolute atomic E-state index is 5.63. The first-order valence-electron chi connectivity index (χ1n) is 5.97. The van der Waals surface area contributed by atoms with E-state index in [1.165, 1.54) is 25.7 Å². The Kier molecular flexibility index (Phi) is 4.16. The molecular formula is C12H17BrN2O. The standard InChI is InChI=1S/C12H17BrN2O/c1-2-3-4-7-16-11-8-10(13)14-12(15-11)9-5-6-9/h8-9H,2-7H2,1H3. The molecule has 1 heterocycles. The normalized spacial score (nSPS) is 15.1. The Labute approximate surface area is 105 Å². The lowest BCUT2D eigenvalue weighted by atomic mass is 10.3. The topological polar surface area (TPSA) is 35.0 Å². The minimum absolute atomic E-state index is 0.565. The van der Waals surface area contributed by atoms with Gasteiger partial charge in [-0.2, -0.15) is 4.98 Å². The van der Waals surface area contributed by atoms with Gasteiger partial charge in [0.15, 0.2) is 0 Å². The van der Waals surface area contributed by atoms with Crippen molar-refractivity contribution in [3.05, 3.63) is 16.5 Å². The van der Waals surface area contributed by atoms with E-state index in [1.807, 2.05) is 6.07 Å². The summed E-state index contributed by atoms with van der Waals surface area (Å²) in [6.45, 7) is 2.94. The van der Waals surface area contributed by atoms with E-state index in [0.717, 1.165) is 23.5 Å². The minimum atomic E-state index is 0.565. The van der Waals surface area contributed by atoms with Crippen LogP contribution in [0, 0.1) is 0 Å². The number of nitrogens with zero attached hydrogens (tertiary/aromatic N) is 2. The van der Waals surface area contributed by atoms with Crippen LogP contribution < -0.4 is 4.74 Å². The summed E-state index contributed by atoms with van der Waals surface area (Å²) in [5, 5.41) is 0. The largest absolute Gasteiger partial charge is 0.478 e. The van der Waals surface area contributed by atoms with Crippen molar-refractivity contribution in [1.29, 1.82) is 0 Å². The quantitative estimate of drug-likeness (QED) is 0.590. The number of halogens is 1. The monoisotopic (exact) mass is 284 g/mol. The second-order valence-corrected chi connectivity index (χ2v) is 5.03. The van der Waals surface area contributed by atoms with Crippen molar-refractivity contribution in [3.63, 3.8) is 0 Å². The van der Waals surface area contributed by atoms with Gasteiger partial charge in [-0.05, 0) is 35.2 Å². The Morgan fingerprint density at radius 3 is 2.88 bits per heavy atom. The third-order valence-corrected chi connectivity index (χ3v) is 3.04. The lowest BCUT2D eigenvalue weighted by molar-refractivity contribution is 0.293. The van der Waals surface area contributed by atoms with Crippen LogP contribution in [0.15, 0.2) is 10.7 Å². The minimum Gasteiger partial charge on any atom is -0.478 e. The Bertz CT molecular complexity index is 353. The van der Waals surface area contributed by atoms with Gasteiger partial charge >= 0.3 is 0 Å². The van der Waals surface area contributed by atoms with Crippen LogP contribution in [0.5, 0.6) is 5.88 Å². The van der Waals surface area contributed by atoms with Gasteiger partial charge in [0, 0.05) is 12.0 Å². The van der Waals surface area contributed by atoms with Gasteiger partial charge in [-0.3, -0.25) is 0 Å². The van der Waals surface area contributed by atoms with Crippen molar-refractivity contribution >= 4 is 15.9 Å². The molecule has 1 aliphatic carbocycles. The number of hydrogen-bond donors (Lipinski definition) is 0. The predicted molar refractivity (Wildman–Crippen MR) is 66.7 cm³/mol. The predicted octanol–water partition coefficient (Wildman–Crippen LogP) is 3.69. The molecule has 0 N–H and O–H groups in total. The van der Waals surface area contributed by atoms with E-state index in [4.69, 9.17) is 4.74 Å². The van der Waals surface area contributed by atoms with Crippen LogP contribution >= 0.6 is 15.9 Å². The fourth-order valence-electron chi connectivity index (χ4n) is 1.54. The first kappa shape index (κ1) is 11.8. The van der Waals surface area contributed by atoms with E-state index < -0.39 is 0 Å². The Hall–Kier alpha value is -0.640. The van der Waals surface area contributed by atoms with Crippen molar-refractivity contribution < 1.29 is 4.74 Å². The molecule has 0 amide bonds. The first-order valence-corrected chi connectivity index (χ1v) is 6.76. The maximum Gasteiger partial charge on any atom is 0.217 e. The fraction of sp³-hybridized carbons (Fsp3) is 0.667. The summed E-state index contributed by atoms with van der Waals surface area (Å²) in [5.41, 5.74) is 0. The van der Waals surface area contributed by atoms with Gasteiger partial charge in [-0.1, -0.05) is 19.8 Å². The highest BCUT2D eigenvalue weighted by Crippen LogP contribution is 2.39. The molecule has 1 saturated carbocycles. The summed E-state index contributed by atoms with van der Waals surface area (Å²) in [5.74, 6) is 2.20. The summed E-state index contributed by atoms with van der Waals surface area (Å²) in [7, 11) is 0. The van der Waals surface area contributed by atoms with E-state index in [1.54, 1.807) is 0 Å². The highest BCUT2D eigenvalue weighted by Gasteiger charge is 2.27. The molecule has 1 aromatic rings. The third kappa shape index (κ3) is 3.44. The fourth-order valence-corrected chi connectivity index (χ4v) is 1.92. The first-order chi connectivity index (χ1) is 7.79. The molecule has 16 heavy (non-hydrogen) atoms. The number of ether oxygens (including phenoxy) is 1. The highest BCUT2D eigenvalue weighted by atomic mass is 79.9. The second-order valence-electron chi connectivity index (χ2n) is 4.22. The number of unbranched alkanes of at least 4 members (excludes halogenated alkanes) is 2. The van der Waals surface area contributed by atoms with Crippen LogP contribution in [0.1, 0.15) is 50.8 Å². The zero-order valence-electron chi connectivity index (χ0n) is 9.58. The van der Waals surface area contributed by atoms with E-state index in [9.17, 15) is 0 Å². The van der Waals surface area contributed by atoms with Crippen molar-refractivity contribution in [2.24, 2.45) is 0 Å². The molecule has 88 valence electrons. The maximum atomic E-state index is 5.63. The molecule has 1 fully saturated rings. The van der Waals surface area contributed by atoms with Crippen LogP contribution in [0.2, 0.25) is 0 Å². The molecule has 3 nitrogen and oxygen atoms in total. The molecule has 0 spiro atoms. The molecule has 0 bridgehead atoms. The SMILES string of the molecule is CCCCCOc1cc(Br)nc(C2CC2)n1. The van der Waals surface area contributed by atoms with Gasteiger partial charge < -0.3 is 4.74 Å². The Balaban J connectivity index is 1.92. The number of aromatic nitrogens is 2. The van der Waals surface area contributed by atoms with Crippen molar-refractivity contribution in [1.82, 2.24) is 9.97 Å². The van der Waals surface area contributed by atoms with E-state index in [2.05, 4.69) is 32.8 Å². The summed E-state index contributed by atoms with van der Waals surface area (Å²) in [6.07, 6.45) is 5.94. The summed E-state index contributed by atoms with van der Waals surface area (Å²) in [4.78, 5) is 8.80. The lowest BCUT2D eigenvalue weighted by Crippen LogP contribution is -2.02. The molecule has 0 aliphatic heterocycles. The Morgan fingerprint density at radius 2 is 2.19 bits per heavy atom. The summed E-state index contributed by atoms with van der Waals surface area (Å²) >= 11 is 3.40. The summed E-state index contributed by atoms with van der Waals surface area (Å²) < 4.78 is 6.45. The molecule has 1 aliphatic rings. The molecule has 0 saturated heterocycles. The molecule has 0 atom stereocenters. The average molecular weight is 285 g/mol. The van der Waals surface area contributed by atoms with Gasteiger partial charge in [0.1, 0.15) is 10.4 Å². The molecule has 4 heteroatoms. The smallest absolute Gasteiger partial charge is 0.217 e. The summed E-state index contributed by atoms with van der Waals surface area (Å²) in [6, 6.07) is 1.85.